The molecule has 0 saturated carbocycles. The van der Waals surface area contributed by atoms with Gasteiger partial charge >= 0.3 is 6.18 Å². The molecule has 1 atom stereocenters. The summed E-state index contributed by atoms with van der Waals surface area (Å²) in [5.41, 5.74) is -0.00803. The third-order valence-corrected chi connectivity index (χ3v) is 5.76. The van der Waals surface area contributed by atoms with Crippen LogP contribution in [0.5, 0.6) is 0 Å². The van der Waals surface area contributed by atoms with E-state index in [9.17, 15) is 18.0 Å². The highest BCUT2D eigenvalue weighted by atomic mass is 32.1. The first-order chi connectivity index (χ1) is 12.4. The molecular formula is C17H16F3N3O2S. The van der Waals surface area contributed by atoms with Gasteiger partial charge < -0.3 is 15.0 Å². The topological polar surface area (TPSA) is 54.5 Å². The van der Waals surface area contributed by atoms with Gasteiger partial charge in [0.1, 0.15) is 5.82 Å². The van der Waals surface area contributed by atoms with Crippen LogP contribution in [0.3, 0.4) is 0 Å². The van der Waals surface area contributed by atoms with Crippen LogP contribution in [0.25, 0.3) is 0 Å². The van der Waals surface area contributed by atoms with E-state index in [0.717, 1.165) is 35.2 Å². The molecule has 4 rings (SSSR count). The number of hydrogen-bond donors (Lipinski definition) is 1. The number of benzene rings is 1. The molecule has 9 heteroatoms. The zero-order valence-electron chi connectivity index (χ0n) is 13.7. The third-order valence-electron chi connectivity index (χ3n) is 4.53. The molecule has 2 aromatic rings. The average molecular weight is 383 g/mol. The molecule has 0 radical (unpaired) electrons. The molecule has 1 fully saturated rings. The number of alkyl halides is 3. The summed E-state index contributed by atoms with van der Waals surface area (Å²) in [6.07, 6.45) is -4.18. The van der Waals surface area contributed by atoms with Crippen LogP contribution in [0.2, 0.25) is 0 Å². The molecule has 138 valence electrons. The fraction of sp³-hybridized carbons (Fsp3) is 0.412. The number of fused-ring (bicyclic) bond motifs is 1. The number of hydrogen-bond acceptors (Lipinski definition) is 5. The highest BCUT2D eigenvalue weighted by Gasteiger charge is 2.33. The lowest BCUT2D eigenvalue weighted by atomic mass is 9.91. The van der Waals surface area contributed by atoms with Gasteiger partial charge in [-0.1, -0.05) is 23.5 Å². The van der Waals surface area contributed by atoms with Crippen LogP contribution in [-0.4, -0.2) is 37.2 Å². The van der Waals surface area contributed by atoms with Gasteiger partial charge in [0.2, 0.25) is 5.91 Å². The Kier molecular flexibility index (Phi) is 4.36. The van der Waals surface area contributed by atoms with Crippen molar-refractivity contribution in [3.63, 3.8) is 0 Å². The van der Waals surface area contributed by atoms with Crippen LogP contribution in [0, 0.1) is 0 Å². The Bertz CT molecular complexity index is 814. The summed E-state index contributed by atoms with van der Waals surface area (Å²) >= 11 is 1.48. The lowest BCUT2D eigenvalue weighted by molar-refractivity contribution is -0.137. The number of aromatic nitrogens is 1. The van der Waals surface area contributed by atoms with Crippen LogP contribution in [0.4, 0.5) is 24.1 Å². The average Bonchev–Trinajstić information content (AvgIpc) is 3.05. The Morgan fingerprint density at radius 1 is 1.19 bits per heavy atom. The highest BCUT2D eigenvalue weighted by Crippen LogP contribution is 2.43. The van der Waals surface area contributed by atoms with E-state index < -0.39 is 11.7 Å². The van der Waals surface area contributed by atoms with E-state index in [1.165, 1.54) is 23.5 Å². The van der Waals surface area contributed by atoms with Crippen molar-refractivity contribution < 1.29 is 22.7 Å². The SMILES string of the molecule is O=C1CC(c2ccc(C(F)(F)F)cc2)c2sc(N3CCOCC3)nc2N1. The molecule has 1 N–H and O–H groups in total. The minimum atomic E-state index is -4.37. The maximum absolute atomic E-state index is 12.8. The number of morpholine rings is 1. The minimum absolute atomic E-state index is 0.179. The number of nitrogens with zero attached hydrogens (tertiary/aromatic N) is 2. The second-order valence-corrected chi connectivity index (χ2v) is 7.24. The van der Waals surface area contributed by atoms with Crippen molar-refractivity contribution in [2.75, 3.05) is 36.5 Å². The molecule has 2 aliphatic heterocycles. The standard InChI is InChI=1S/C17H16F3N3O2S/c18-17(19,20)11-3-1-10(2-4-11)12-9-13(24)21-15-14(12)26-16(22-15)23-5-7-25-8-6-23/h1-4,12H,5-9H2,(H,21,24). The van der Waals surface area contributed by atoms with E-state index in [4.69, 9.17) is 4.74 Å². The largest absolute Gasteiger partial charge is 0.416 e. The summed E-state index contributed by atoms with van der Waals surface area (Å²) < 4.78 is 43.7. The predicted octanol–water partition coefficient (Wildman–Crippen LogP) is 3.47. The Morgan fingerprint density at radius 3 is 2.54 bits per heavy atom. The number of ether oxygens (including phenoxy) is 1. The van der Waals surface area contributed by atoms with Crippen molar-refractivity contribution in [2.45, 2.75) is 18.5 Å². The van der Waals surface area contributed by atoms with E-state index in [2.05, 4.69) is 15.2 Å². The van der Waals surface area contributed by atoms with E-state index in [-0.39, 0.29) is 18.2 Å². The van der Waals surface area contributed by atoms with E-state index >= 15 is 0 Å². The minimum Gasteiger partial charge on any atom is -0.378 e. The molecule has 1 amide bonds. The summed E-state index contributed by atoms with van der Waals surface area (Å²) in [6, 6.07) is 5.02. The van der Waals surface area contributed by atoms with Crippen molar-refractivity contribution in [3.05, 3.63) is 40.3 Å². The maximum Gasteiger partial charge on any atom is 0.416 e. The number of nitrogens with one attached hydrogen (secondary N) is 1. The zero-order chi connectivity index (χ0) is 18.3. The number of carbonyl (C=O) groups is 1. The monoisotopic (exact) mass is 383 g/mol. The van der Waals surface area contributed by atoms with Crippen LogP contribution < -0.4 is 10.2 Å². The van der Waals surface area contributed by atoms with Gasteiger partial charge in [0.15, 0.2) is 5.13 Å². The van der Waals surface area contributed by atoms with Crippen LogP contribution in [0.15, 0.2) is 24.3 Å². The van der Waals surface area contributed by atoms with Crippen LogP contribution in [0.1, 0.15) is 28.3 Å². The van der Waals surface area contributed by atoms with Crippen molar-refractivity contribution in [1.82, 2.24) is 4.98 Å². The smallest absolute Gasteiger partial charge is 0.378 e. The Labute approximate surface area is 151 Å². The molecule has 1 aromatic carbocycles. The van der Waals surface area contributed by atoms with Gasteiger partial charge in [0, 0.05) is 25.4 Å². The molecule has 1 aromatic heterocycles. The fourth-order valence-corrected chi connectivity index (χ4v) is 4.37. The first-order valence-electron chi connectivity index (χ1n) is 8.22. The van der Waals surface area contributed by atoms with E-state index in [0.29, 0.717) is 24.6 Å². The number of thiazole rings is 1. The van der Waals surface area contributed by atoms with Crippen molar-refractivity contribution in [2.24, 2.45) is 0 Å². The molecule has 3 heterocycles. The molecule has 26 heavy (non-hydrogen) atoms. The molecular weight excluding hydrogens is 367 g/mol. The van der Waals surface area contributed by atoms with Gasteiger partial charge in [-0.05, 0) is 17.7 Å². The molecule has 1 saturated heterocycles. The van der Waals surface area contributed by atoms with E-state index in [1.807, 2.05) is 0 Å². The molecule has 0 spiro atoms. The normalized spacial score (nSPS) is 20.7. The molecule has 2 aliphatic rings. The second-order valence-electron chi connectivity index (χ2n) is 6.23. The maximum atomic E-state index is 12.8. The zero-order valence-corrected chi connectivity index (χ0v) is 14.5. The quantitative estimate of drug-likeness (QED) is 0.863. The Hall–Kier alpha value is -2.13. The van der Waals surface area contributed by atoms with Crippen molar-refractivity contribution >= 4 is 28.2 Å². The third kappa shape index (κ3) is 3.28. The van der Waals surface area contributed by atoms with Gasteiger partial charge in [-0.25, -0.2) is 4.98 Å². The molecule has 0 aliphatic carbocycles. The summed E-state index contributed by atoms with van der Waals surface area (Å²) in [5.74, 6) is 0.0483. The van der Waals surface area contributed by atoms with Gasteiger partial charge in [0.25, 0.3) is 0 Å². The number of anilines is 2. The highest BCUT2D eigenvalue weighted by molar-refractivity contribution is 7.16. The lowest BCUT2D eigenvalue weighted by Crippen LogP contribution is -2.36. The number of rotatable bonds is 2. The number of amides is 1. The summed E-state index contributed by atoms with van der Waals surface area (Å²) in [7, 11) is 0. The molecule has 0 bridgehead atoms. The predicted molar refractivity (Wildman–Crippen MR) is 91.7 cm³/mol. The number of carbonyl (C=O) groups excluding carboxylic acids is 1. The van der Waals surface area contributed by atoms with Crippen LogP contribution >= 0.6 is 11.3 Å². The van der Waals surface area contributed by atoms with Gasteiger partial charge in [-0.3, -0.25) is 4.79 Å². The van der Waals surface area contributed by atoms with Gasteiger partial charge in [-0.2, -0.15) is 13.2 Å². The first-order valence-corrected chi connectivity index (χ1v) is 9.04. The summed E-state index contributed by atoms with van der Waals surface area (Å²) in [5, 5.41) is 3.58. The van der Waals surface area contributed by atoms with Gasteiger partial charge in [0.05, 0.1) is 23.7 Å². The Balaban J connectivity index is 1.66. The fourth-order valence-electron chi connectivity index (χ4n) is 3.17. The number of halogens is 3. The molecule has 1 unspecified atom stereocenters. The van der Waals surface area contributed by atoms with Gasteiger partial charge in [-0.15, -0.1) is 0 Å². The van der Waals surface area contributed by atoms with Crippen molar-refractivity contribution in [1.29, 1.82) is 0 Å². The molecule has 5 nitrogen and oxygen atoms in total. The first kappa shape index (κ1) is 17.3. The second kappa shape index (κ2) is 6.55. The van der Waals surface area contributed by atoms with E-state index in [1.54, 1.807) is 0 Å². The van der Waals surface area contributed by atoms with Crippen LogP contribution in [-0.2, 0) is 15.7 Å². The summed E-state index contributed by atoms with van der Waals surface area (Å²) in [6.45, 7) is 2.70. The lowest BCUT2D eigenvalue weighted by Gasteiger charge is -2.26. The van der Waals surface area contributed by atoms with Crippen molar-refractivity contribution in [3.8, 4) is 0 Å². The summed E-state index contributed by atoms with van der Waals surface area (Å²) in [4.78, 5) is 19.6. The Morgan fingerprint density at radius 2 is 1.88 bits per heavy atom.